The average Bonchev–Trinajstić information content (AvgIpc) is 3.46. The van der Waals surface area contributed by atoms with E-state index in [2.05, 4.69) is 16.9 Å². The lowest BCUT2D eigenvalue weighted by Gasteiger charge is -2.33. The van der Waals surface area contributed by atoms with Gasteiger partial charge in [0.2, 0.25) is 0 Å². The Kier molecular flexibility index (Phi) is 8.12. The zero-order valence-electron chi connectivity index (χ0n) is 21.0. The van der Waals surface area contributed by atoms with Crippen molar-refractivity contribution in [1.29, 1.82) is 0 Å². The lowest BCUT2D eigenvalue weighted by molar-refractivity contribution is -0.376. The second kappa shape index (κ2) is 10.4. The number of alkyl halides is 6. The number of nitrogens with zero attached hydrogens (tertiary/aromatic N) is 2. The van der Waals surface area contributed by atoms with Crippen LogP contribution in [0.5, 0.6) is 5.75 Å². The van der Waals surface area contributed by atoms with Crippen LogP contribution in [-0.4, -0.2) is 70.1 Å². The first-order valence-corrected chi connectivity index (χ1v) is 12.2. The van der Waals surface area contributed by atoms with Crippen LogP contribution in [0.4, 0.5) is 26.3 Å². The number of allylic oxidation sites excluding steroid dienone is 1. The molecule has 1 aromatic carbocycles. The molecule has 15 heteroatoms. The van der Waals surface area contributed by atoms with E-state index in [-0.39, 0.29) is 34.2 Å². The zero-order valence-corrected chi connectivity index (χ0v) is 21.8. The molecule has 0 aliphatic carbocycles. The number of thiazole rings is 1. The fourth-order valence-corrected chi connectivity index (χ4v) is 4.82. The molecule has 39 heavy (non-hydrogen) atoms. The van der Waals surface area contributed by atoms with Gasteiger partial charge in [0.1, 0.15) is 11.4 Å². The normalized spacial score (nSPS) is 15.1. The van der Waals surface area contributed by atoms with Gasteiger partial charge in [0, 0.05) is 29.9 Å². The number of halogens is 6. The Hall–Kier alpha value is -3.17. The van der Waals surface area contributed by atoms with Crippen LogP contribution < -0.4 is 10.1 Å². The minimum absolute atomic E-state index is 0.0703. The first-order valence-electron chi connectivity index (χ1n) is 11.4. The number of methoxy groups -OCH3 is 1. The molecule has 2 aromatic rings. The van der Waals surface area contributed by atoms with Crippen molar-refractivity contribution in [3.05, 3.63) is 46.7 Å². The van der Waals surface area contributed by atoms with Gasteiger partial charge in [-0.15, -0.1) is 11.3 Å². The van der Waals surface area contributed by atoms with Crippen LogP contribution in [0.1, 0.15) is 52.5 Å². The SMILES string of the molecule is C=C1CCCN1C(=O)c1nc(C(=O)NCC(C)(C)O)sc1-c1ccc(C(O)(C(F)(F)F)C(F)(F)F)cc1OC. The Morgan fingerprint density at radius 1 is 1.15 bits per heavy atom. The Morgan fingerprint density at radius 3 is 2.26 bits per heavy atom. The molecule has 2 amide bonds. The van der Waals surface area contributed by atoms with E-state index in [0.29, 0.717) is 42.0 Å². The number of likely N-dealkylation sites (tertiary alicyclic amines) is 1. The molecule has 3 rings (SSSR count). The molecule has 8 nitrogen and oxygen atoms in total. The highest BCUT2D eigenvalue weighted by atomic mass is 32.1. The van der Waals surface area contributed by atoms with Gasteiger partial charge in [-0.3, -0.25) is 9.59 Å². The third-order valence-electron chi connectivity index (χ3n) is 5.86. The van der Waals surface area contributed by atoms with Gasteiger partial charge in [-0.25, -0.2) is 4.98 Å². The summed E-state index contributed by atoms with van der Waals surface area (Å²) >= 11 is 0.645. The van der Waals surface area contributed by atoms with Crippen molar-refractivity contribution >= 4 is 23.2 Å². The number of hydrogen-bond donors (Lipinski definition) is 3. The maximum atomic E-state index is 13.4. The monoisotopic (exact) mass is 581 g/mol. The number of hydrogen-bond acceptors (Lipinski definition) is 7. The molecule has 1 aromatic heterocycles. The molecule has 214 valence electrons. The number of ether oxygens (including phenoxy) is 1. The molecule has 1 fully saturated rings. The summed E-state index contributed by atoms with van der Waals surface area (Å²) in [5, 5.41) is 21.9. The summed E-state index contributed by atoms with van der Waals surface area (Å²) in [6.07, 6.45) is -11.1. The van der Waals surface area contributed by atoms with Crippen molar-refractivity contribution in [1.82, 2.24) is 15.2 Å². The van der Waals surface area contributed by atoms with Crippen LogP contribution in [0.3, 0.4) is 0 Å². The van der Waals surface area contributed by atoms with E-state index in [1.807, 2.05) is 0 Å². The predicted octanol–water partition coefficient (Wildman–Crippen LogP) is 4.38. The highest BCUT2D eigenvalue weighted by Gasteiger charge is 2.71. The zero-order chi connectivity index (χ0) is 29.6. The highest BCUT2D eigenvalue weighted by Crippen LogP contribution is 2.51. The predicted molar refractivity (Wildman–Crippen MR) is 128 cm³/mol. The van der Waals surface area contributed by atoms with E-state index < -0.39 is 46.7 Å². The Morgan fingerprint density at radius 2 is 1.77 bits per heavy atom. The second-order valence-corrected chi connectivity index (χ2v) is 10.4. The Balaban J connectivity index is 2.18. The minimum atomic E-state index is -6.12. The number of amides is 2. The van der Waals surface area contributed by atoms with Gasteiger partial charge in [-0.1, -0.05) is 12.6 Å². The largest absolute Gasteiger partial charge is 0.496 e. The van der Waals surface area contributed by atoms with Crippen molar-refractivity contribution in [3.63, 3.8) is 0 Å². The van der Waals surface area contributed by atoms with Crippen LogP contribution in [-0.2, 0) is 5.60 Å². The topological polar surface area (TPSA) is 112 Å². The van der Waals surface area contributed by atoms with Gasteiger partial charge in [-0.05, 0) is 38.8 Å². The fourth-order valence-electron chi connectivity index (χ4n) is 3.82. The maximum absolute atomic E-state index is 13.4. The van der Waals surface area contributed by atoms with Crippen molar-refractivity contribution in [2.24, 2.45) is 0 Å². The second-order valence-electron chi connectivity index (χ2n) is 9.44. The first kappa shape index (κ1) is 30.4. The summed E-state index contributed by atoms with van der Waals surface area (Å²) in [7, 11) is 0.977. The summed E-state index contributed by atoms with van der Waals surface area (Å²) < 4.78 is 85.7. The van der Waals surface area contributed by atoms with E-state index in [0.717, 1.165) is 13.2 Å². The summed E-state index contributed by atoms with van der Waals surface area (Å²) in [4.78, 5) is 31.4. The quantitative estimate of drug-likeness (QED) is 0.419. The molecule has 1 aliphatic heterocycles. The number of aliphatic hydroxyl groups is 2. The standard InChI is InChI=1S/C24H25F6N3O5S/c1-12-6-5-9-33(12)20(35)16-17(39-19(32-16)18(34)31-11-21(2,3)36)14-8-7-13(10-15(14)38-4)22(37,23(25,26)27)24(28,29)30/h7-8,10,36-37H,1,5-6,9,11H2,2-4H3,(H,31,34). The first-order chi connectivity index (χ1) is 17.8. The molecular weight excluding hydrogens is 556 g/mol. The fraction of sp³-hybridized carbons (Fsp3) is 0.458. The van der Waals surface area contributed by atoms with Crippen LogP contribution in [0.2, 0.25) is 0 Å². The van der Waals surface area contributed by atoms with Crippen LogP contribution in [0.25, 0.3) is 10.4 Å². The molecule has 0 saturated carbocycles. The van der Waals surface area contributed by atoms with Crippen molar-refractivity contribution in [2.45, 2.75) is 50.2 Å². The van der Waals surface area contributed by atoms with Gasteiger partial charge in [-0.2, -0.15) is 26.3 Å². The van der Waals surface area contributed by atoms with Crippen molar-refractivity contribution in [2.75, 3.05) is 20.2 Å². The molecule has 0 radical (unpaired) electrons. The summed E-state index contributed by atoms with van der Waals surface area (Å²) in [5.41, 5.74) is -8.02. The molecule has 1 aliphatic rings. The third kappa shape index (κ3) is 5.89. The third-order valence-corrected chi connectivity index (χ3v) is 6.95. The number of nitrogens with one attached hydrogen (secondary N) is 1. The van der Waals surface area contributed by atoms with E-state index in [4.69, 9.17) is 4.74 Å². The number of aromatic nitrogens is 1. The van der Waals surface area contributed by atoms with Crippen LogP contribution >= 0.6 is 11.3 Å². The van der Waals surface area contributed by atoms with Gasteiger partial charge in [0.05, 0.1) is 17.6 Å². The number of rotatable bonds is 7. The van der Waals surface area contributed by atoms with E-state index in [9.17, 15) is 46.1 Å². The average molecular weight is 582 g/mol. The Labute approximate surface area is 222 Å². The molecule has 3 N–H and O–H groups in total. The van der Waals surface area contributed by atoms with E-state index >= 15 is 0 Å². The lowest BCUT2D eigenvalue weighted by Crippen LogP contribution is -2.53. The molecular formula is C24H25F6N3O5S. The summed E-state index contributed by atoms with van der Waals surface area (Å²) in [5.74, 6) is -2.00. The molecule has 0 bridgehead atoms. The van der Waals surface area contributed by atoms with Crippen molar-refractivity contribution < 1.29 is 50.9 Å². The molecule has 1 saturated heterocycles. The van der Waals surface area contributed by atoms with Gasteiger partial charge >= 0.3 is 12.4 Å². The lowest BCUT2D eigenvalue weighted by atomic mass is 9.90. The number of benzene rings is 1. The van der Waals surface area contributed by atoms with E-state index in [1.54, 1.807) is 0 Å². The van der Waals surface area contributed by atoms with Gasteiger partial charge in [0.15, 0.2) is 5.01 Å². The number of carbonyl (C=O) groups is 2. The summed E-state index contributed by atoms with van der Waals surface area (Å²) in [6.45, 7) is 6.78. The smallest absolute Gasteiger partial charge is 0.430 e. The number of carbonyl (C=O) groups excluding carboxylic acids is 2. The van der Waals surface area contributed by atoms with Gasteiger partial charge < -0.3 is 25.2 Å². The van der Waals surface area contributed by atoms with Crippen LogP contribution in [0, 0.1) is 0 Å². The molecule has 2 heterocycles. The van der Waals surface area contributed by atoms with Crippen molar-refractivity contribution in [3.8, 4) is 16.2 Å². The maximum Gasteiger partial charge on any atom is 0.430 e. The van der Waals surface area contributed by atoms with E-state index in [1.165, 1.54) is 18.7 Å². The highest BCUT2D eigenvalue weighted by molar-refractivity contribution is 7.17. The van der Waals surface area contributed by atoms with Crippen LogP contribution in [0.15, 0.2) is 30.5 Å². The minimum Gasteiger partial charge on any atom is -0.496 e. The van der Waals surface area contributed by atoms with Gasteiger partial charge in [0.25, 0.3) is 17.4 Å². The Bertz CT molecular complexity index is 1270. The molecule has 0 unspecified atom stereocenters. The molecule has 0 atom stereocenters. The summed E-state index contributed by atoms with van der Waals surface area (Å²) in [6, 6.07) is 1.60. The molecule has 0 spiro atoms.